The molecule has 3 heterocycles. The lowest BCUT2D eigenvalue weighted by Crippen LogP contribution is -2.53. The molecule has 2 amide bonds. The van der Waals surface area contributed by atoms with Crippen LogP contribution in [-0.2, 0) is 11.8 Å². The van der Waals surface area contributed by atoms with Crippen molar-refractivity contribution >= 4 is 11.8 Å². The van der Waals surface area contributed by atoms with E-state index in [1.54, 1.807) is 4.68 Å². The summed E-state index contributed by atoms with van der Waals surface area (Å²) in [7, 11) is 1.89. The van der Waals surface area contributed by atoms with Gasteiger partial charge in [-0.3, -0.25) is 14.3 Å². The zero-order valence-electron chi connectivity index (χ0n) is 18.1. The molecule has 0 radical (unpaired) electrons. The van der Waals surface area contributed by atoms with Crippen LogP contribution in [0.25, 0.3) is 0 Å². The minimum Gasteiger partial charge on any atom is -0.369 e. The van der Waals surface area contributed by atoms with E-state index in [0.29, 0.717) is 6.04 Å². The van der Waals surface area contributed by atoms with Gasteiger partial charge in [0.1, 0.15) is 0 Å². The van der Waals surface area contributed by atoms with E-state index >= 15 is 0 Å². The molecule has 160 valence electrons. The molecular weight excluding hydrogens is 366 g/mol. The second-order valence-electron chi connectivity index (χ2n) is 9.52. The number of hydrogen-bond donors (Lipinski definition) is 1. The van der Waals surface area contributed by atoms with Gasteiger partial charge in [-0.25, -0.2) is 0 Å². The van der Waals surface area contributed by atoms with E-state index in [4.69, 9.17) is 5.73 Å². The number of amides is 2. The fraction of sp³-hybridized carbons (Fsp3) is 0.773. The Bertz CT molecular complexity index is 781. The molecule has 29 heavy (non-hydrogen) atoms. The zero-order chi connectivity index (χ0) is 20.8. The number of primary amides is 1. The molecule has 0 aromatic carbocycles. The second-order valence-corrected chi connectivity index (χ2v) is 9.52. The van der Waals surface area contributed by atoms with Gasteiger partial charge in [0.25, 0.3) is 5.91 Å². The molecule has 2 aliphatic heterocycles. The van der Waals surface area contributed by atoms with E-state index in [9.17, 15) is 9.59 Å². The smallest absolute Gasteiger partial charge is 0.257 e. The highest BCUT2D eigenvalue weighted by molar-refractivity contribution is 5.96. The van der Waals surface area contributed by atoms with E-state index in [2.05, 4.69) is 10.00 Å². The Morgan fingerprint density at radius 3 is 2.17 bits per heavy atom. The summed E-state index contributed by atoms with van der Waals surface area (Å²) < 4.78 is 1.79. The Morgan fingerprint density at radius 1 is 1.07 bits per heavy atom. The van der Waals surface area contributed by atoms with Crippen molar-refractivity contribution in [3.05, 3.63) is 17.0 Å². The van der Waals surface area contributed by atoms with Crippen molar-refractivity contribution in [2.24, 2.45) is 24.1 Å². The number of piperidine rings is 2. The van der Waals surface area contributed by atoms with Crippen molar-refractivity contribution < 1.29 is 9.59 Å². The average molecular weight is 402 g/mol. The number of nitrogens with zero attached hydrogens (tertiary/aromatic N) is 4. The van der Waals surface area contributed by atoms with Crippen molar-refractivity contribution in [2.75, 3.05) is 26.2 Å². The predicted octanol–water partition coefficient (Wildman–Crippen LogP) is 2.01. The third kappa shape index (κ3) is 3.93. The van der Waals surface area contributed by atoms with Crippen LogP contribution in [0.1, 0.15) is 66.7 Å². The van der Waals surface area contributed by atoms with Gasteiger partial charge in [-0.05, 0) is 65.0 Å². The number of nitrogens with two attached hydrogens (primary N) is 1. The van der Waals surface area contributed by atoms with Crippen molar-refractivity contribution in [2.45, 2.75) is 64.8 Å². The fourth-order valence-corrected chi connectivity index (χ4v) is 5.42. The molecule has 7 heteroatoms. The van der Waals surface area contributed by atoms with Crippen LogP contribution in [0.5, 0.6) is 0 Å². The van der Waals surface area contributed by atoms with Gasteiger partial charge < -0.3 is 15.5 Å². The lowest BCUT2D eigenvalue weighted by Gasteiger charge is -2.45. The SMILES string of the molecule is Cc1nn(C)c(C)c1C(=O)N1CCC(N2CCC(CC3CC3)(C(N)=O)CC2)CC1. The first-order valence-corrected chi connectivity index (χ1v) is 11.1. The molecule has 1 aromatic rings. The average Bonchev–Trinajstić information content (AvgIpc) is 3.47. The minimum atomic E-state index is -0.274. The highest BCUT2D eigenvalue weighted by atomic mass is 16.2. The Balaban J connectivity index is 1.32. The number of aryl methyl sites for hydroxylation is 2. The predicted molar refractivity (Wildman–Crippen MR) is 111 cm³/mol. The summed E-state index contributed by atoms with van der Waals surface area (Å²) in [6.07, 6.45) is 7.31. The molecule has 3 aliphatic rings. The standard InChI is InChI=1S/C22H35N5O2/c1-15-19(16(2)25(3)24-15)20(28)27-10-6-18(7-11-27)26-12-8-22(9-13-26,21(23)29)14-17-4-5-17/h17-18H,4-14H2,1-3H3,(H2,23,29). The Kier molecular flexibility index (Phi) is 5.44. The summed E-state index contributed by atoms with van der Waals surface area (Å²) in [5.41, 5.74) is 8.06. The number of hydrogen-bond acceptors (Lipinski definition) is 4. The maximum atomic E-state index is 13.0. The summed E-state index contributed by atoms with van der Waals surface area (Å²) in [5, 5.41) is 4.39. The fourth-order valence-electron chi connectivity index (χ4n) is 5.42. The molecular formula is C22H35N5O2. The van der Waals surface area contributed by atoms with Crippen molar-refractivity contribution in [1.82, 2.24) is 19.6 Å². The number of likely N-dealkylation sites (tertiary alicyclic amines) is 2. The van der Waals surface area contributed by atoms with E-state index in [1.165, 1.54) is 12.8 Å². The molecule has 1 aliphatic carbocycles. The van der Waals surface area contributed by atoms with E-state index in [1.807, 2.05) is 25.8 Å². The van der Waals surface area contributed by atoms with Crippen molar-refractivity contribution in [3.8, 4) is 0 Å². The Morgan fingerprint density at radius 2 is 1.69 bits per heavy atom. The topological polar surface area (TPSA) is 84.5 Å². The number of aromatic nitrogens is 2. The van der Waals surface area contributed by atoms with Crippen LogP contribution in [0.2, 0.25) is 0 Å². The maximum absolute atomic E-state index is 13.0. The van der Waals surface area contributed by atoms with Crippen LogP contribution in [0, 0.1) is 25.2 Å². The molecule has 4 rings (SSSR count). The van der Waals surface area contributed by atoms with Gasteiger partial charge in [0.05, 0.1) is 16.7 Å². The summed E-state index contributed by atoms with van der Waals surface area (Å²) in [6.45, 7) is 7.35. The lowest BCUT2D eigenvalue weighted by molar-refractivity contribution is -0.132. The largest absolute Gasteiger partial charge is 0.369 e. The molecule has 2 N–H and O–H groups in total. The number of carbonyl (C=O) groups excluding carboxylic acids is 2. The molecule has 0 unspecified atom stereocenters. The van der Waals surface area contributed by atoms with Gasteiger partial charge in [0.15, 0.2) is 0 Å². The molecule has 1 aromatic heterocycles. The quantitative estimate of drug-likeness (QED) is 0.818. The number of rotatable bonds is 5. The van der Waals surface area contributed by atoms with Crippen LogP contribution in [0.3, 0.4) is 0 Å². The highest BCUT2D eigenvalue weighted by Gasteiger charge is 2.44. The van der Waals surface area contributed by atoms with Crippen LogP contribution >= 0.6 is 0 Å². The second kappa shape index (κ2) is 7.74. The van der Waals surface area contributed by atoms with Gasteiger partial charge >= 0.3 is 0 Å². The first-order valence-electron chi connectivity index (χ1n) is 11.1. The van der Waals surface area contributed by atoms with Gasteiger partial charge in [0, 0.05) is 31.9 Å². The van der Waals surface area contributed by atoms with Crippen LogP contribution in [0.4, 0.5) is 0 Å². The van der Waals surface area contributed by atoms with E-state index in [0.717, 1.165) is 81.2 Å². The van der Waals surface area contributed by atoms with Gasteiger partial charge in [-0.1, -0.05) is 12.8 Å². The van der Waals surface area contributed by atoms with Crippen LogP contribution in [-0.4, -0.2) is 63.6 Å². The summed E-state index contributed by atoms with van der Waals surface area (Å²) in [5.74, 6) is 0.747. The molecule has 0 bridgehead atoms. The number of carbonyl (C=O) groups is 2. The molecule has 0 atom stereocenters. The zero-order valence-corrected chi connectivity index (χ0v) is 18.1. The van der Waals surface area contributed by atoms with Gasteiger partial charge in [-0.2, -0.15) is 5.10 Å². The molecule has 1 saturated carbocycles. The Hall–Kier alpha value is -1.89. The normalized spacial score (nSPS) is 23.3. The first kappa shape index (κ1) is 20.4. The third-order valence-corrected chi connectivity index (χ3v) is 7.65. The summed E-state index contributed by atoms with van der Waals surface area (Å²) >= 11 is 0. The summed E-state index contributed by atoms with van der Waals surface area (Å²) in [6, 6.07) is 0.502. The molecule has 0 spiro atoms. The van der Waals surface area contributed by atoms with Crippen LogP contribution < -0.4 is 5.73 Å². The van der Waals surface area contributed by atoms with Gasteiger partial charge in [0.2, 0.25) is 5.91 Å². The lowest BCUT2D eigenvalue weighted by atomic mass is 9.73. The minimum absolute atomic E-state index is 0.0910. The molecule has 2 saturated heterocycles. The third-order valence-electron chi connectivity index (χ3n) is 7.65. The van der Waals surface area contributed by atoms with Crippen molar-refractivity contribution in [3.63, 3.8) is 0 Å². The highest BCUT2D eigenvalue weighted by Crippen LogP contribution is 2.46. The first-order chi connectivity index (χ1) is 13.8. The maximum Gasteiger partial charge on any atom is 0.257 e. The summed E-state index contributed by atoms with van der Waals surface area (Å²) in [4.78, 5) is 29.7. The molecule has 3 fully saturated rings. The van der Waals surface area contributed by atoms with E-state index < -0.39 is 0 Å². The van der Waals surface area contributed by atoms with Gasteiger partial charge in [-0.15, -0.1) is 0 Å². The molecule has 7 nitrogen and oxygen atoms in total. The van der Waals surface area contributed by atoms with Crippen LogP contribution in [0.15, 0.2) is 0 Å². The van der Waals surface area contributed by atoms with E-state index in [-0.39, 0.29) is 17.2 Å². The monoisotopic (exact) mass is 401 g/mol. The Labute approximate surface area is 173 Å². The van der Waals surface area contributed by atoms with Crippen molar-refractivity contribution in [1.29, 1.82) is 0 Å².